The highest BCUT2D eigenvalue weighted by atomic mass is 16.3. The molecule has 0 spiro atoms. The van der Waals surface area contributed by atoms with Crippen molar-refractivity contribution in [2.24, 2.45) is 5.92 Å². The molecule has 1 aliphatic rings. The van der Waals surface area contributed by atoms with Gasteiger partial charge in [0, 0.05) is 5.92 Å². The Morgan fingerprint density at radius 1 is 1.38 bits per heavy atom. The van der Waals surface area contributed by atoms with Crippen LogP contribution in [0.15, 0.2) is 66.8 Å². The van der Waals surface area contributed by atoms with Crippen LogP contribution in [0.25, 0.3) is 0 Å². The molecule has 0 aromatic heterocycles. The SMILES string of the molecule is C=CCC(c1ccccc1)C(O)C1=CC[C@H](C(=C)C)CC1. The van der Waals surface area contributed by atoms with Gasteiger partial charge in [0.1, 0.15) is 0 Å². The van der Waals surface area contributed by atoms with Gasteiger partial charge in [0.2, 0.25) is 0 Å². The van der Waals surface area contributed by atoms with Crippen LogP contribution in [0.4, 0.5) is 0 Å². The average molecular weight is 282 g/mol. The van der Waals surface area contributed by atoms with Gasteiger partial charge in [-0.2, -0.15) is 0 Å². The molecule has 0 radical (unpaired) electrons. The fourth-order valence-electron chi connectivity index (χ4n) is 3.16. The Balaban J connectivity index is 2.14. The van der Waals surface area contributed by atoms with Crippen LogP contribution in [0.2, 0.25) is 0 Å². The first kappa shape index (κ1) is 15.8. The quantitative estimate of drug-likeness (QED) is 0.727. The van der Waals surface area contributed by atoms with E-state index in [-0.39, 0.29) is 5.92 Å². The molecule has 21 heavy (non-hydrogen) atoms. The summed E-state index contributed by atoms with van der Waals surface area (Å²) in [6.07, 6.45) is 7.61. The minimum Gasteiger partial charge on any atom is -0.388 e. The molecule has 0 heterocycles. The highest BCUT2D eigenvalue weighted by Crippen LogP contribution is 2.35. The van der Waals surface area contributed by atoms with Gasteiger partial charge in [0.05, 0.1) is 6.10 Å². The van der Waals surface area contributed by atoms with Crippen molar-refractivity contribution in [3.05, 3.63) is 72.4 Å². The van der Waals surface area contributed by atoms with E-state index in [4.69, 9.17) is 0 Å². The molecule has 1 heteroatoms. The van der Waals surface area contributed by atoms with Crippen molar-refractivity contribution in [1.82, 2.24) is 0 Å². The summed E-state index contributed by atoms with van der Waals surface area (Å²) in [7, 11) is 0. The van der Waals surface area contributed by atoms with E-state index in [0.717, 1.165) is 25.7 Å². The number of allylic oxidation sites excluding steroid dienone is 3. The lowest BCUT2D eigenvalue weighted by atomic mass is 9.79. The van der Waals surface area contributed by atoms with E-state index >= 15 is 0 Å². The predicted octanol–water partition coefficient (Wildman–Crippen LogP) is 5.01. The molecule has 112 valence electrons. The first-order chi connectivity index (χ1) is 10.1. The van der Waals surface area contributed by atoms with E-state index in [0.29, 0.717) is 5.92 Å². The lowest BCUT2D eigenvalue weighted by Gasteiger charge is -2.29. The molecular weight excluding hydrogens is 256 g/mol. The van der Waals surface area contributed by atoms with Crippen LogP contribution in [0, 0.1) is 5.92 Å². The van der Waals surface area contributed by atoms with Crippen molar-refractivity contribution in [3.8, 4) is 0 Å². The number of benzene rings is 1. The smallest absolute Gasteiger partial charge is 0.0821 e. The molecule has 0 aliphatic heterocycles. The standard InChI is InChI=1S/C20H26O/c1-4-8-19(17-9-6-5-7-10-17)20(21)18-13-11-16(12-14-18)15(2)3/h4-7,9-10,13,16,19-21H,1-2,8,11-12,14H2,3H3/t16-,19?,20?/m0/s1. The fraction of sp³-hybridized carbons (Fsp3) is 0.400. The van der Waals surface area contributed by atoms with E-state index in [9.17, 15) is 5.11 Å². The monoisotopic (exact) mass is 282 g/mol. The van der Waals surface area contributed by atoms with Gasteiger partial charge in [-0.1, -0.05) is 54.6 Å². The molecule has 0 saturated carbocycles. The predicted molar refractivity (Wildman–Crippen MR) is 90.2 cm³/mol. The van der Waals surface area contributed by atoms with E-state index < -0.39 is 6.10 Å². The molecule has 1 aromatic carbocycles. The normalized spacial score (nSPS) is 21.2. The van der Waals surface area contributed by atoms with Crippen molar-refractivity contribution in [2.45, 2.75) is 44.6 Å². The number of hydrogen-bond donors (Lipinski definition) is 1. The zero-order valence-corrected chi connectivity index (χ0v) is 13.0. The third-order valence-corrected chi connectivity index (χ3v) is 4.55. The van der Waals surface area contributed by atoms with Crippen LogP contribution in [-0.2, 0) is 0 Å². The Labute approximate surface area is 128 Å². The van der Waals surface area contributed by atoms with Crippen LogP contribution in [0.5, 0.6) is 0 Å². The van der Waals surface area contributed by atoms with Crippen molar-refractivity contribution in [3.63, 3.8) is 0 Å². The van der Waals surface area contributed by atoms with Gasteiger partial charge in [0.25, 0.3) is 0 Å². The van der Waals surface area contributed by atoms with Crippen molar-refractivity contribution in [2.75, 3.05) is 0 Å². The zero-order valence-electron chi connectivity index (χ0n) is 13.0. The second kappa shape index (κ2) is 7.42. The Kier molecular flexibility index (Phi) is 5.58. The zero-order chi connectivity index (χ0) is 15.2. The van der Waals surface area contributed by atoms with Gasteiger partial charge in [-0.25, -0.2) is 0 Å². The molecule has 0 bridgehead atoms. The maximum atomic E-state index is 10.8. The number of hydrogen-bond acceptors (Lipinski definition) is 1. The molecule has 1 aromatic rings. The van der Waals surface area contributed by atoms with Crippen molar-refractivity contribution in [1.29, 1.82) is 0 Å². The third kappa shape index (κ3) is 3.95. The summed E-state index contributed by atoms with van der Waals surface area (Å²) >= 11 is 0. The molecule has 3 atom stereocenters. The van der Waals surface area contributed by atoms with E-state index in [1.165, 1.54) is 16.7 Å². The van der Waals surface area contributed by atoms with Gasteiger partial charge < -0.3 is 5.11 Å². The molecule has 0 fully saturated rings. The summed E-state index contributed by atoms with van der Waals surface area (Å²) in [4.78, 5) is 0. The minimum absolute atomic E-state index is 0.108. The molecule has 1 N–H and O–H groups in total. The van der Waals surface area contributed by atoms with Crippen LogP contribution >= 0.6 is 0 Å². The van der Waals surface area contributed by atoms with E-state index in [2.05, 4.69) is 38.3 Å². The van der Waals surface area contributed by atoms with E-state index in [1.807, 2.05) is 24.3 Å². The topological polar surface area (TPSA) is 20.2 Å². The van der Waals surface area contributed by atoms with Crippen LogP contribution in [0.3, 0.4) is 0 Å². The molecule has 0 saturated heterocycles. The largest absolute Gasteiger partial charge is 0.388 e. The lowest BCUT2D eigenvalue weighted by Crippen LogP contribution is -2.23. The molecule has 1 nitrogen and oxygen atoms in total. The maximum absolute atomic E-state index is 10.8. The third-order valence-electron chi connectivity index (χ3n) is 4.55. The minimum atomic E-state index is -0.406. The Morgan fingerprint density at radius 2 is 2.10 bits per heavy atom. The summed E-state index contributed by atoms with van der Waals surface area (Å²) in [5, 5.41) is 10.8. The van der Waals surface area contributed by atoms with E-state index in [1.54, 1.807) is 0 Å². The molecule has 2 unspecified atom stereocenters. The van der Waals surface area contributed by atoms with Crippen LogP contribution in [0.1, 0.15) is 44.1 Å². The second-order valence-corrected chi connectivity index (χ2v) is 6.08. The summed E-state index contributed by atoms with van der Waals surface area (Å²) in [5.74, 6) is 0.687. The summed E-state index contributed by atoms with van der Waals surface area (Å²) in [5.41, 5.74) is 3.63. The summed E-state index contributed by atoms with van der Waals surface area (Å²) in [6, 6.07) is 10.3. The summed E-state index contributed by atoms with van der Waals surface area (Å²) in [6.45, 7) is 10.0. The number of rotatable bonds is 6. The Bertz CT molecular complexity index is 512. The molecular formula is C20H26O. The number of aliphatic hydroxyl groups excluding tert-OH is 1. The average Bonchev–Trinajstić information content (AvgIpc) is 2.53. The maximum Gasteiger partial charge on any atom is 0.0821 e. The first-order valence-corrected chi connectivity index (χ1v) is 7.81. The van der Waals surface area contributed by atoms with Crippen LogP contribution in [-0.4, -0.2) is 11.2 Å². The van der Waals surface area contributed by atoms with Gasteiger partial charge in [-0.15, -0.1) is 6.58 Å². The van der Waals surface area contributed by atoms with Gasteiger partial charge in [-0.3, -0.25) is 0 Å². The fourth-order valence-corrected chi connectivity index (χ4v) is 3.16. The van der Waals surface area contributed by atoms with Gasteiger partial charge >= 0.3 is 0 Å². The lowest BCUT2D eigenvalue weighted by molar-refractivity contribution is 0.170. The summed E-state index contributed by atoms with van der Waals surface area (Å²) < 4.78 is 0. The Hall–Kier alpha value is -1.60. The van der Waals surface area contributed by atoms with Crippen LogP contribution < -0.4 is 0 Å². The molecule has 0 amide bonds. The highest BCUT2D eigenvalue weighted by Gasteiger charge is 2.26. The number of aliphatic hydroxyl groups is 1. The second-order valence-electron chi connectivity index (χ2n) is 6.08. The van der Waals surface area contributed by atoms with Crippen molar-refractivity contribution >= 4 is 0 Å². The molecule has 2 rings (SSSR count). The van der Waals surface area contributed by atoms with Gasteiger partial charge in [-0.05, 0) is 49.7 Å². The Morgan fingerprint density at radius 3 is 2.62 bits per heavy atom. The van der Waals surface area contributed by atoms with Gasteiger partial charge in [0.15, 0.2) is 0 Å². The first-order valence-electron chi connectivity index (χ1n) is 7.81. The molecule has 1 aliphatic carbocycles. The highest BCUT2D eigenvalue weighted by molar-refractivity contribution is 5.27. The van der Waals surface area contributed by atoms with Crippen molar-refractivity contribution < 1.29 is 5.11 Å².